The molecule has 0 aromatic carbocycles. The first-order valence-electron chi connectivity index (χ1n) is 5.94. The Hall–Kier alpha value is -1.16. The quantitative estimate of drug-likeness (QED) is 0.735. The fourth-order valence-electron chi connectivity index (χ4n) is 2.21. The van der Waals surface area contributed by atoms with Crippen LogP contribution in [0.4, 0.5) is 0 Å². The summed E-state index contributed by atoms with van der Waals surface area (Å²) in [5.41, 5.74) is 1.42. The van der Waals surface area contributed by atoms with Gasteiger partial charge in [-0.15, -0.1) is 0 Å². The van der Waals surface area contributed by atoms with E-state index in [1.54, 1.807) is 0 Å². The Labute approximate surface area is 95.6 Å². The zero-order chi connectivity index (χ0) is 11.4. The Morgan fingerprint density at radius 2 is 2.00 bits per heavy atom. The van der Waals surface area contributed by atoms with E-state index in [0.717, 1.165) is 37.2 Å². The number of aromatic nitrogens is 1. The second kappa shape index (κ2) is 5.25. The van der Waals surface area contributed by atoms with Crippen LogP contribution >= 0.6 is 0 Å². The lowest BCUT2D eigenvalue weighted by Crippen LogP contribution is -2.24. The molecular weight excluding hydrogens is 204 g/mol. The lowest BCUT2D eigenvalue weighted by Gasteiger charge is -2.18. The Kier molecular flexibility index (Phi) is 3.72. The minimum absolute atomic E-state index is 0.460. The van der Waals surface area contributed by atoms with Crippen LogP contribution in [-0.4, -0.2) is 29.4 Å². The molecule has 0 aliphatic carbocycles. The van der Waals surface area contributed by atoms with Crippen molar-refractivity contribution in [2.45, 2.75) is 39.2 Å². The normalized spacial score (nSPS) is 18.3. The first-order chi connectivity index (χ1) is 7.81. The average Bonchev–Trinajstić information content (AvgIpc) is 2.52. The molecule has 0 saturated carbocycles. The number of likely N-dealkylation sites (tertiary alicyclic amines) is 1. The van der Waals surface area contributed by atoms with Gasteiger partial charge < -0.3 is 4.52 Å². The molecule has 16 heavy (non-hydrogen) atoms. The highest BCUT2D eigenvalue weighted by Crippen LogP contribution is 2.17. The van der Waals surface area contributed by atoms with E-state index in [1.165, 1.54) is 25.7 Å². The molecule has 0 radical (unpaired) electrons. The van der Waals surface area contributed by atoms with Gasteiger partial charge in [0.15, 0.2) is 12.0 Å². The summed E-state index contributed by atoms with van der Waals surface area (Å²) in [5.74, 6) is 0.770. The molecule has 0 atom stereocenters. The van der Waals surface area contributed by atoms with E-state index in [1.807, 2.05) is 6.92 Å². The monoisotopic (exact) mass is 222 g/mol. The van der Waals surface area contributed by atoms with Crippen LogP contribution in [0.2, 0.25) is 0 Å². The summed E-state index contributed by atoms with van der Waals surface area (Å²) in [6.45, 7) is 4.89. The summed E-state index contributed by atoms with van der Waals surface area (Å²) in [6.07, 6.45) is 5.92. The lowest BCUT2D eigenvalue weighted by molar-refractivity contribution is 0.111. The zero-order valence-electron chi connectivity index (χ0n) is 9.74. The molecule has 0 N–H and O–H groups in total. The summed E-state index contributed by atoms with van der Waals surface area (Å²) < 4.78 is 5.05. The molecule has 1 saturated heterocycles. The predicted molar refractivity (Wildman–Crippen MR) is 60.4 cm³/mol. The second-order valence-electron chi connectivity index (χ2n) is 4.41. The van der Waals surface area contributed by atoms with Crippen molar-refractivity contribution in [1.82, 2.24) is 10.1 Å². The molecule has 1 aromatic rings. The third-order valence-electron chi connectivity index (χ3n) is 3.21. The number of hydrogen-bond acceptors (Lipinski definition) is 4. The van der Waals surface area contributed by atoms with E-state index < -0.39 is 0 Å². The van der Waals surface area contributed by atoms with E-state index in [4.69, 9.17) is 4.52 Å². The van der Waals surface area contributed by atoms with Crippen molar-refractivity contribution in [2.24, 2.45) is 0 Å². The number of carbonyl (C=O) groups is 1. The summed E-state index contributed by atoms with van der Waals surface area (Å²) in [4.78, 5) is 13.2. The van der Waals surface area contributed by atoms with Crippen LogP contribution in [0.3, 0.4) is 0 Å². The molecular formula is C12H18N2O2. The molecule has 1 aliphatic heterocycles. The maximum Gasteiger partial charge on any atom is 0.172 e. The number of carbonyl (C=O) groups excluding carboxylic acids is 1. The highest BCUT2D eigenvalue weighted by atomic mass is 16.5. The highest BCUT2D eigenvalue weighted by molar-refractivity contribution is 5.74. The maximum atomic E-state index is 10.8. The molecule has 1 aliphatic rings. The van der Waals surface area contributed by atoms with Gasteiger partial charge in [0.1, 0.15) is 5.76 Å². The smallest absolute Gasteiger partial charge is 0.172 e. The van der Waals surface area contributed by atoms with Gasteiger partial charge in [-0.2, -0.15) is 0 Å². The first-order valence-corrected chi connectivity index (χ1v) is 5.94. The van der Waals surface area contributed by atoms with Gasteiger partial charge in [-0.1, -0.05) is 18.0 Å². The molecule has 2 heterocycles. The van der Waals surface area contributed by atoms with Crippen molar-refractivity contribution in [1.29, 1.82) is 0 Å². The molecule has 0 unspecified atom stereocenters. The van der Waals surface area contributed by atoms with E-state index in [-0.39, 0.29) is 0 Å². The number of nitrogens with zero attached hydrogens (tertiary/aromatic N) is 2. The molecule has 1 aromatic heterocycles. The van der Waals surface area contributed by atoms with Crippen molar-refractivity contribution in [3.63, 3.8) is 0 Å². The zero-order valence-corrected chi connectivity index (χ0v) is 9.74. The lowest BCUT2D eigenvalue weighted by atomic mass is 10.2. The van der Waals surface area contributed by atoms with Crippen LogP contribution in [0.1, 0.15) is 47.5 Å². The summed E-state index contributed by atoms with van der Waals surface area (Å²) in [6, 6.07) is 0. The van der Waals surface area contributed by atoms with E-state index in [9.17, 15) is 4.79 Å². The molecule has 88 valence electrons. The van der Waals surface area contributed by atoms with Gasteiger partial charge >= 0.3 is 0 Å². The van der Waals surface area contributed by atoms with Crippen LogP contribution in [0.15, 0.2) is 4.52 Å². The molecule has 4 heteroatoms. The SMILES string of the molecule is Cc1onc(C=O)c1CN1CCCCCC1. The van der Waals surface area contributed by atoms with Crippen molar-refractivity contribution in [2.75, 3.05) is 13.1 Å². The fourth-order valence-corrected chi connectivity index (χ4v) is 2.21. The Morgan fingerprint density at radius 1 is 1.31 bits per heavy atom. The van der Waals surface area contributed by atoms with E-state index in [0.29, 0.717) is 5.69 Å². The van der Waals surface area contributed by atoms with E-state index in [2.05, 4.69) is 10.1 Å². The molecule has 0 bridgehead atoms. The minimum atomic E-state index is 0.460. The molecule has 0 spiro atoms. The summed E-state index contributed by atoms with van der Waals surface area (Å²) in [5, 5.41) is 3.75. The van der Waals surface area contributed by atoms with Crippen LogP contribution in [-0.2, 0) is 6.54 Å². The molecule has 2 rings (SSSR count). The van der Waals surface area contributed by atoms with Crippen LogP contribution in [0.5, 0.6) is 0 Å². The van der Waals surface area contributed by atoms with Gasteiger partial charge in [0.05, 0.1) is 0 Å². The van der Waals surface area contributed by atoms with Crippen LogP contribution < -0.4 is 0 Å². The Bertz CT molecular complexity index is 352. The number of aryl methyl sites for hydroxylation is 1. The fraction of sp³-hybridized carbons (Fsp3) is 0.667. The van der Waals surface area contributed by atoms with Gasteiger partial charge in [-0.3, -0.25) is 9.69 Å². The standard InChI is InChI=1S/C12H18N2O2/c1-10-11(12(9-15)13-16-10)8-14-6-4-2-3-5-7-14/h9H,2-8H2,1H3. The highest BCUT2D eigenvalue weighted by Gasteiger charge is 2.16. The first kappa shape index (κ1) is 11.3. The van der Waals surface area contributed by atoms with Gasteiger partial charge in [-0.25, -0.2) is 0 Å². The van der Waals surface area contributed by atoms with E-state index >= 15 is 0 Å². The number of rotatable bonds is 3. The van der Waals surface area contributed by atoms with Crippen molar-refractivity contribution in [3.8, 4) is 0 Å². The second-order valence-corrected chi connectivity index (χ2v) is 4.41. The van der Waals surface area contributed by atoms with Crippen molar-refractivity contribution >= 4 is 6.29 Å². The Morgan fingerprint density at radius 3 is 2.62 bits per heavy atom. The average molecular weight is 222 g/mol. The number of aldehydes is 1. The predicted octanol–water partition coefficient (Wildman–Crippen LogP) is 2.17. The Balaban J connectivity index is 2.06. The summed E-state index contributed by atoms with van der Waals surface area (Å²) in [7, 11) is 0. The third-order valence-corrected chi connectivity index (χ3v) is 3.21. The topological polar surface area (TPSA) is 46.3 Å². The largest absolute Gasteiger partial charge is 0.361 e. The van der Waals surface area contributed by atoms with Gasteiger partial charge in [-0.05, 0) is 32.9 Å². The summed E-state index contributed by atoms with van der Waals surface area (Å²) >= 11 is 0. The third kappa shape index (κ3) is 2.50. The van der Waals surface area contributed by atoms with Gasteiger partial charge in [0.25, 0.3) is 0 Å². The maximum absolute atomic E-state index is 10.8. The van der Waals surface area contributed by atoms with Crippen LogP contribution in [0, 0.1) is 6.92 Å². The molecule has 4 nitrogen and oxygen atoms in total. The van der Waals surface area contributed by atoms with Gasteiger partial charge in [0, 0.05) is 12.1 Å². The number of hydrogen-bond donors (Lipinski definition) is 0. The molecule has 0 amide bonds. The molecule has 1 fully saturated rings. The van der Waals surface area contributed by atoms with Crippen LogP contribution in [0.25, 0.3) is 0 Å². The van der Waals surface area contributed by atoms with Gasteiger partial charge in [0.2, 0.25) is 0 Å². The van der Waals surface area contributed by atoms with Crippen molar-refractivity contribution in [3.05, 3.63) is 17.0 Å². The van der Waals surface area contributed by atoms with Crippen molar-refractivity contribution < 1.29 is 9.32 Å². The minimum Gasteiger partial charge on any atom is -0.361 e.